The zero-order valence-corrected chi connectivity index (χ0v) is 17.0. The molecule has 1 atom stereocenters. The van der Waals surface area contributed by atoms with Crippen molar-refractivity contribution < 1.29 is 14.0 Å². The molecule has 2 heterocycles. The van der Waals surface area contributed by atoms with Crippen LogP contribution in [0, 0.1) is 12.8 Å². The molecule has 29 heavy (non-hydrogen) atoms. The molecule has 0 unspecified atom stereocenters. The first kappa shape index (κ1) is 19.5. The van der Waals surface area contributed by atoms with Crippen LogP contribution in [-0.4, -0.2) is 36.3 Å². The van der Waals surface area contributed by atoms with Gasteiger partial charge in [-0.2, -0.15) is 0 Å². The van der Waals surface area contributed by atoms with Gasteiger partial charge in [-0.05, 0) is 62.1 Å². The number of hydrogen-bond donors (Lipinski definition) is 1. The van der Waals surface area contributed by atoms with Crippen LogP contribution in [0.1, 0.15) is 39.3 Å². The molecule has 4 rings (SSSR count). The van der Waals surface area contributed by atoms with Crippen molar-refractivity contribution in [1.82, 2.24) is 10.2 Å². The van der Waals surface area contributed by atoms with Crippen molar-refractivity contribution >= 4 is 34.4 Å². The summed E-state index contributed by atoms with van der Waals surface area (Å²) in [5.41, 5.74) is 1.93. The maximum Gasteiger partial charge on any atom is 0.253 e. The van der Waals surface area contributed by atoms with Crippen LogP contribution in [0.5, 0.6) is 0 Å². The minimum absolute atomic E-state index is 0.0212. The summed E-state index contributed by atoms with van der Waals surface area (Å²) in [6, 6.07) is 14.5. The third-order valence-corrected chi connectivity index (χ3v) is 5.69. The molecule has 1 aliphatic rings. The summed E-state index contributed by atoms with van der Waals surface area (Å²) in [4.78, 5) is 27.3. The molecule has 1 N–H and O–H groups in total. The molecule has 1 aromatic heterocycles. The summed E-state index contributed by atoms with van der Waals surface area (Å²) in [6.07, 6.45) is 1.90. The number of carbonyl (C=O) groups excluding carboxylic acids is 2. The van der Waals surface area contributed by atoms with E-state index in [4.69, 9.17) is 16.0 Å². The lowest BCUT2D eigenvalue weighted by atomic mass is 9.97. The monoisotopic (exact) mass is 410 g/mol. The Balaban J connectivity index is 1.39. The molecule has 0 aliphatic carbocycles. The lowest BCUT2D eigenvalue weighted by molar-refractivity contribution is 0.0671. The number of nitrogens with zero attached hydrogens (tertiary/aromatic N) is 1. The molecule has 0 spiro atoms. The predicted octanol–water partition coefficient (Wildman–Crippen LogP) is 4.68. The molecule has 2 amide bonds. The maximum absolute atomic E-state index is 13.0. The number of hydrogen-bond acceptors (Lipinski definition) is 3. The standard InChI is InChI=1S/C23H23ClN2O3/c1-15-11-18-12-17(8-9-21(18)29-15)23(28)26-10-4-5-16(14-26)13-25-22(27)19-6-2-3-7-20(19)24/h2-3,6-9,11-12,16H,4-5,10,13-14H2,1H3,(H,25,27)/t16-/m1/s1. The SMILES string of the molecule is Cc1cc2cc(C(=O)N3CCC[C@H](CNC(=O)c4ccccc4Cl)C3)ccc2o1. The van der Waals surface area contributed by atoms with Gasteiger partial charge in [-0.1, -0.05) is 23.7 Å². The number of aryl methyl sites for hydroxylation is 1. The largest absolute Gasteiger partial charge is 0.461 e. The summed E-state index contributed by atoms with van der Waals surface area (Å²) in [5.74, 6) is 0.892. The first-order chi connectivity index (χ1) is 14.0. The number of halogens is 1. The fourth-order valence-corrected chi connectivity index (χ4v) is 4.11. The third kappa shape index (κ3) is 4.30. The highest BCUT2D eigenvalue weighted by molar-refractivity contribution is 6.33. The van der Waals surface area contributed by atoms with Crippen molar-refractivity contribution in [2.75, 3.05) is 19.6 Å². The molecule has 5 nitrogen and oxygen atoms in total. The molecule has 3 aromatic rings. The van der Waals surface area contributed by atoms with Gasteiger partial charge in [0.1, 0.15) is 11.3 Å². The van der Waals surface area contributed by atoms with Crippen molar-refractivity contribution in [1.29, 1.82) is 0 Å². The number of likely N-dealkylation sites (tertiary alicyclic amines) is 1. The number of nitrogens with one attached hydrogen (secondary N) is 1. The Hall–Kier alpha value is -2.79. The van der Waals surface area contributed by atoms with Crippen molar-refractivity contribution in [3.63, 3.8) is 0 Å². The van der Waals surface area contributed by atoms with E-state index in [-0.39, 0.29) is 17.7 Å². The minimum atomic E-state index is -0.181. The van der Waals surface area contributed by atoms with Gasteiger partial charge in [-0.15, -0.1) is 0 Å². The summed E-state index contributed by atoms with van der Waals surface area (Å²) in [7, 11) is 0. The van der Waals surface area contributed by atoms with Crippen LogP contribution in [0.15, 0.2) is 52.9 Å². The molecule has 6 heteroatoms. The second-order valence-electron chi connectivity index (χ2n) is 7.56. The van der Waals surface area contributed by atoms with E-state index in [1.165, 1.54) is 0 Å². The van der Waals surface area contributed by atoms with E-state index in [2.05, 4.69) is 5.32 Å². The van der Waals surface area contributed by atoms with Crippen molar-refractivity contribution in [3.8, 4) is 0 Å². The molecule has 2 aromatic carbocycles. The third-order valence-electron chi connectivity index (χ3n) is 5.36. The molecule has 1 aliphatic heterocycles. The number of carbonyl (C=O) groups is 2. The first-order valence-electron chi connectivity index (χ1n) is 9.83. The Morgan fingerprint density at radius 3 is 2.86 bits per heavy atom. The van der Waals surface area contributed by atoms with E-state index in [0.717, 1.165) is 36.1 Å². The summed E-state index contributed by atoms with van der Waals surface area (Å²) >= 11 is 6.10. The Bertz CT molecular complexity index is 1060. The molecule has 0 bridgehead atoms. The van der Waals surface area contributed by atoms with E-state index < -0.39 is 0 Å². The zero-order chi connectivity index (χ0) is 20.4. The van der Waals surface area contributed by atoms with Crippen LogP contribution < -0.4 is 5.32 Å². The zero-order valence-electron chi connectivity index (χ0n) is 16.3. The van der Waals surface area contributed by atoms with Gasteiger partial charge in [0.15, 0.2) is 0 Å². The number of fused-ring (bicyclic) bond motifs is 1. The van der Waals surface area contributed by atoms with E-state index in [1.54, 1.807) is 24.3 Å². The van der Waals surface area contributed by atoms with Crippen LogP contribution >= 0.6 is 11.6 Å². The van der Waals surface area contributed by atoms with E-state index >= 15 is 0 Å². The molecular weight excluding hydrogens is 388 g/mol. The molecule has 1 fully saturated rings. The highest BCUT2D eigenvalue weighted by Crippen LogP contribution is 2.23. The van der Waals surface area contributed by atoms with Crippen molar-refractivity contribution in [2.45, 2.75) is 19.8 Å². The van der Waals surface area contributed by atoms with Crippen LogP contribution in [0.2, 0.25) is 5.02 Å². The smallest absolute Gasteiger partial charge is 0.253 e. The van der Waals surface area contributed by atoms with Crippen LogP contribution in [-0.2, 0) is 0 Å². The van der Waals surface area contributed by atoms with Crippen LogP contribution in [0.3, 0.4) is 0 Å². The number of furan rings is 1. The normalized spacial score (nSPS) is 16.8. The fourth-order valence-electron chi connectivity index (χ4n) is 3.89. The molecule has 150 valence electrons. The number of amides is 2. The Kier molecular flexibility index (Phi) is 5.58. The average Bonchev–Trinajstić information content (AvgIpc) is 3.11. The fraction of sp³-hybridized carbons (Fsp3) is 0.304. The number of benzene rings is 2. The van der Waals surface area contributed by atoms with Gasteiger partial charge in [0.25, 0.3) is 11.8 Å². The average molecular weight is 411 g/mol. The Labute approximate surface area is 174 Å². The Morgan fingerprint density at radius 2 is 2.03 bits per heavy atom. The van der Waals surface area contributed by atoms with Gasteiger partial charge in [-0.3, -0.25) is 9.59 Å². The molecule has 0 saturated carbocycles. The lowest BCUT2D eigenvalue weighted by Crippen LogP contribution is -2.43. The van der Waals surface area contributed by atoms with Crippen LogP contribution in [0.4, 0.5) is 0 Å². The number of piperidine rings is 1. The van der Waals surface area contributed by atoms with Crippen molar-refractivity contribution in [2.24, 2.45) is 5.92 Å². The minimum Gasteiger partial charge on any atom is -0.461 e. The van der Waals surface area contributed by atoms with Gasteiger partial charge in [0.2, 0.25) is 0 Å². The predicted molar refractivity (Wildman–Crippen MR) is 113 cm³/mol. The lowest BCUT2D eigenvalue weighted by Gasteiger charge is -2.33. The maximum atomic E-state index is 13.0. The summed E-state index contributed by atoms with van der Waals surface area (Å²) in [5, 5.41) is 4.34. The number of rotatable bonds is 4. The summed E-state index contributed by atoms with van der Waals surface area (Å²) in [6.45, 7) is 3.78. The van der Waals surface area contributed by atoms with Gasteiger partial charge in [0, 0.05) is 30.6 Å². The summed E-state index contributed by atoms with van der Waals surface area (Å²) < 4.78 is 5.59. The molecular formula is C23H23ClN2O3. The quantitative estimate of drug-likeness (QED) is 0.679. The highest BCUT2D eigenvalue weighted by Gasteiger charge is 2.25. The highest BCUT2D eigenvalue weighted by atomic mass is 35.5. The first-order valence-corrected chi connectivity index (χ1v) is 10.2. The van der Waals surface area contributed by atoms with Crippen molar-refractivity contribution in [3.05, 3.63) is 70.4 Å². The molecule has 0 radical (unpaired) electrons. The van der Waals surface area contributed by atoms with Crippen LogP contribution in [0.25, 0.3) is 11.0 Å². The van der Waals surface area contributed by atoms with E-state index in [9.17, 15) is 9.59 Å². The molecule has 1 saturated heterocycles. The van der Waals surface area contributed by atoms with E-state index in [1.807, 2.05) is 36.1 Å². The van der Waals surface area contributed by atoms with Gasteiger partial charge >= 0.3 is 0 Å². The van der Waals surface area contributed by atoms with Gasteiger partial charge in [0.05, 0.1) is 10.6 Å². The Morgan fingerprint density at radius 1 is 1.21 bits per heavy atom. The van der Waals surface area contributed by atoms with Gasteiger partial charge in [-0.25, -0.2) is 0 Å². The van der Waals surface area contributed by atoms with E-state index in [0.29, 0.717) is 29.2 Å². The second kappa shape index (κ2) is 8.29. The van der Waals surface area contributed by atoms with Gasteiger partial charge < -0.3 is 14.6 Å². The second-order valence-corrected chi connectivity index (χ2v) is 7.97. The topological polar surface area (TPSA) is 62.6 Å².